The van der Waals surface area contributed by atoms with Gasteiger partial charge in [-0.1, -0.05) is 19.8 Å². The number of halogens is 1. The molecule has 0 radical (unpaired) electrons. The summed E-state index contributed by atoms with van der Waals surface area (Å²) in [6, 6.07) is 1.26. The lowest BCUT2D eigenvalue weighted by molar-refractivity contribution is 0.0933. The quantitative estimate of drug-likeness (QED) is 0.842. The van der Waals surface area contributed by atoms with E-state index in [0.717, 1.165) is 31.0 Å². The Bertz CT molecular complexity index is 446. The number of rotatable bonds is 5. The van der Waals surface area contributed by atoms with E-state index in [0.29, 0.717) is 0 Å². The first-order valence-corrected chi connectivity index (χ1v) is 6.32. The maximum absolute atomic E-state index is 13.0. The van der Waals surface area contributed by atoms with Gasteiger partial charge in [-0.3, -0.25) is 4.79 Å². The molecule has 0 bridgehead atoms. The number of nitrogens with zero attached hydrogens (tertiary/aromatic N) is 1. The number of nitrogen functional groups attached to an aromatic ring is 1. The van der Waals surface area contributed by atoms with Crippen LogP contribution in [0.15, 0.2) is 12.3 Å². The van der Waals surface area contributed by atoms with Crippen LogP contribution in [0.25, 0.3) is 0 Å². The monoisotopic (exact) mass is 251 g/mol. The summed E-state index contributed by atoms with van der Waals surface area (Å²) in [5, 5.41) is 2.90. The molecule has 0 saturated heterocycles. The van der Waals surface area contributed by atoms with Crippen LogP contribution in [0, 0.1) is 11.7 Å². The van der Waals surface area contributed by atoms with E-state index in [1.165, 1.54) is 12.8 Å². The number of anilines is 1. The van der Waals surface area contributed by atoms with Crippen molar-refractivity contribution in [3.8, 4) is 0 Å². The van der Waals surface area contributed by atoms with Crippen molar-refractivity contribution in [2.75, 3.05) is 5.73 Å². The summed E-state index contributed by atoms with van der Waals surface area (Å²) in [5.74, 6) is -0.0926. The van der Waals surface area contributed by atoms with Gasteiger partial charge in [0, 0.05) is 6.04 Å². The van der Waals surface area contributed by atoms with E-state index >= 15 is 0 Å². The van der Waals surface area contributed by atoms with Gasteiger partial charge in [0.25, 0.3) is 5.91 Å². The molecule has 1 aliphatic carbocycles. The normalized spacial score (nSPS) is 16.3. The second-order valence-corrected chi connectivity index (χ2v) is 4.84. The molecule has 1 aromatic rings. The van der Waals surface area contributed by atoms with Gasteiger partial charge in [-0.2, -0.15) is 0 Å². The molecule has 0 spiro atoms. The Labute approximate surface area is 106 Å². The Morgan fingerprint density at radius 1 is 1.67 bits per heavy atom. The fourth-order valence-corrected chi connectivity index (χ4v) is 1.98. The average molecular weight is 251 g/mol. The van der Waals surface area contributed by atoms with E-state index in [2.05, 4.69) is 10.3 Å². The zero-order valence-corrected chi connectivity index (χ0v) is 10.4. The molecule has 98 valence electrons. The van der Waals surface area contributed by atoms with Crippen molar-refractivity contribution in [1.82, 2.24) is 10.3 Å². The van der Waals surface area contributed by atoms with E-state index < -0.39 is 5.82 Å². The van der Waals surface area contributed by atoms with E-state index in [1.807, 2.05) is 6.92 Å². The van der Waals surface area contributed by atoms with Crippen LogP contribution < -0.4 is 11.1 Å². The molecule has 1 amide bonds. The fourth-order valence-electron chi connectivity index (χ4n) is 1.98. The Morgan fingerprint density at radius 2 is 2.39 bits per heavy atom. The van der Waals surface area contributed by atoms with Crippen molar-refractivity contribution in [1.29, 1.82) is 0 Å². The smallest absolute Gasteiger partial charge is 0.255 e. The zero-order valence-electron chi connectivity index (χ0n) is 10.4. The van der Waals surface area contributed by atoms with Crippen LogP contribution in [0.2, 0.25) is 0 Å². The van der Waals surface area contributed by atoms with Gasteiger partial charge in [0.1, 0.15) is 11.6 Å². The molecule has 3 N–H and O–H groups in total. The van der Waals surface area contributed by atoms with Gasteiger partial charge in [0.05, 0.1) is 11.8 Å². The van der Waals surface area contributed by atoms with Crippen molar-refractivity contribution in [2.24, 2.45) is 5.92 Å². The number of nitrogens with two attached hydrogens (primary N) is 1. The maximum Gasteiger partial charge on any atom is 0.255 e. The minimum Gasteiger partial charge on any atom is -0.383 e. The molecule has 1 aliphatic rings. The van der Waals surface area contributed by atoms with Gasteiger partial charge in [-0.15, -0.1) is 0 Å². The number of amides is 1. The van der Waals surface area contributed by atoms with Crippen LogP contribution in [0.5, 0.6) is 0 Å². The predicted molar refractivity (Wildman–Crippen MR) is 67.5 cm³/mol. The van der Waals surface area contributed by atoms with Gasteiger partial charge < -0.3 is 11.1 Å². The molecule has 1 aromatic heterocycles. The second-order valence-electron chi connectivity index (χ2n) is 4.84. The first-order valence-electron chi connectivity index (χ1n) is 6.32. The fraction of sp³-hybridized carbons (Fsp3) is 0.538. The van der Waals surface area contributed by atoms with Crippen molar-refractivity contribution >= 4 is 11.7 Å². The number of nitrogens with one attached hydrogen (secondary N) is 1. The molecular weight excluding hydrogens is 233 g/mol. The lowest BCUT2D eigenvalue weighted by Gasteiger charge is -2.17. The molecule has 1 unspecified atom stereocenters. The molecule has 1 atom stereocenters. The van der Waals surface area contributed by atoms with Gasteiger partial charge in [0.15, 0.2) is 0 Å². The van der Waals surface area contributed by atoms with Crippen molar-refractivity contribution < 1.29 is 9.18 Å². The highest BCUT2D eigenvalue weighted by atomic mass is 19.1. The van der Waals surface area contributed by atoms with Gasteiger partial charge in [-0.25, -0.2) is 9.37 Å². The summed E-state index contributed by atoms with van der Waals surface area (Å²) < 4.78 is 13.0. The van der Waals surface area contributed by atoms with E-state index in [9.17, 15) is 9.18 Å². The SMILES string of the molecule is CCC(CC1CC1)NC(=O)c1cc(F)cnc1N. The summed E-state index contributed by atoms with van der Waals surface area (Å²) >= 11 is 0. The Hall–Kier alpha value is -1.65. The third-order valence-corrected chi connectivity index (χ3v) is 3.27. The Kier molecular flexibility index (Phi) is 3.79. The molecule has 1 fully saturated rings. The maximum atomic E-state index is 13.0. The number of carbonyl (C=O) groups is 1. The molecule has 0 aromatic carbocycles. The summed E-state index contributed by atoms with van der Waals surface area (Å²) in [6.07, 6.45) is 5.36. The van der Waals surface area contributed by atoms with Crippen LogP contribution in [-0.4, -0.2) is 16.9 Å². The molecule has 2 rings (SSSR count). The summed E-state index contributed by atoms with van der Waals surface area (Å²) in [7, 11) is 0. The van der Waals surface area contributed by atoms with Crippen LogP contribution in [0.4, 0.5) is 10.2 Å². The highest BCUT2D eigenvalue weighted by Crippen LogP contribution is 2.34. The summed E-state index contributed by atoms with van der Waals surface area (Å²) in [6.45, 7) is 2.03. The molecule has 1 heterocycles. The van der Waals surface area contributed by atoms with E-state index in [-0.39, 0.29) is 23.3 Å². The minimum atomic E-state index is -0.551. The average Bonchev–Trinajstić information content (AvgIpc) is 3.15. The van der Waals surface area contributed by atoms with Crippen molar-refractivity contribution in [2.45, 2.75) is 38.6 Å². The first kappa shape index (κ1) is 12.8. The van der Waals surface area contributed by atoms with Crippen LogP contribution in [0.1, 0.15) is 43.0 Å². The topological polar surface area (TPSA) is 68.0 Å². The lowest BCUT2D eigenvalue weighted by atomic mass is 10.1. The van der Waals surface area contributed by atoms with Crippen LogP contribution in [0.3, 0.4) is 0 Å². The van der Waals surface area contributed by atoms with Gasteiger partial charge >= 0.3 is 0 Å². The minimum absolute atomic E-state index is 0.0650. The zero-order chi connectivity index (χ0) is 13.1. The number of pyridine rings is 1. The highest BCUT2D eigenvalue weighted by molar-refractivity contribution is 5.98. The largest absolute Gasteiger partial charge is 0.383 e. The number of hydrogen-bond acceptors (Lipinski definition) is 3. The Morgan fingerprint density at radius 3 is 3.00 bits per heavy atom. The summed E-state index contributed by atoms with van der Waals surface area (Å²) in [4.78, 5) is 15.6. The van der Waals surface area contributed by atoms with E-state index in [4.69, 9.17) is 5.73 Å². The molecule has 1 saturated carbocycles. The van der Waals surface area contributed by atoms with Crippen LogP contribution in [-0.2, 0) is 0 Å². The molecule has 0 aliphatic heterocycles. The standard InChI is InChI=1S/C13H18FN3O/c1-2-10(5-8-3-4-8)17-13(18)11-6-9(14)7-16-12(11)15/h6-8,10H,2-5H2,1H3,(H2,15,16)(H,17,18). The summed E-state index contributed by atoms with van der Waals surface area (Å²) in [5.41, 5.74) is 5.70. The van der Waals surface area contributed by atoms with Crippen molar-refractivity contribution in [3.05, 3.63) is 23.6 Å². The van der Waals surface area contributed by atoms with Crippen molar-refractivity contribution in [3.63, 3.8) is 0 Å². The number of carbonyl (C=O) groups excluding carboxylic acids is 1. The molecule has 18 heavy (non-hydrogen) atoms. The predicted octanol–water partition coefficient (Wildman–Crippen LogP) is 2.11. The molecular formula is C13H18FN3O. The third kappa shape index (κ3) is 3.18. The number of hydrogen-bond donors (Lipinski definition) is 2. The van der Waals surface area contributed by atoms with Crippen LogP contribution >= 0.6 is 0 Å². The van der Waals surface area contributed by atoms with E-state index in [1.54, 1.807) is 0 Å². The lowest BCUT2D eigenvalue weighted by Crippen LogP contribution is -2.35. The first-order chi connectivity index (χ1) is 8.60. The number of aromatic nitrogens is 1. The van der Waals surface area contributed by atoms with Gasteiger partial charge in [0.2, 0.25) is 0 Å². The Balaban J connectivity index is 2.02. The molecule has 4 nitrogen and oxygen atoms in total. The van der Waals surface area contributed by atoms with Gasteiger partial charge in [-0.05, 0) is 24.8 Å². The third-order valence-electron chi connectivity index (χ3n) is 3.27. The highest BCUT2D eigenvalue weighted by Gasteiger charge is 2.26. The molecule has 5 heteroatoms. The second kappa shape index (κ2) is 5.33.